The topological polar surface area (TPSA) is 59.1 Å². The molecule has 1 heterocycles. The predicted molar refractivity (Wildman–Crippen MR) is 68.9 cm³/mol. The zero-order valence-electron chi connectivity index (χ0n) is 9.85. The molecular weight excluding hydrogens is 212 g/mol. The van der Waals surface area contributed by atoms with Crippen LogP contribution in [0.15, 0.2) is 36.5 Å². The Labute approximate surface area is 101 Å². The molecule has 3 N–H and O–H groups in total. The maximum absolute atomic E-state index is 9.51. The minimum Gasteiger partial charge on any atom is -0.506 e. The molecule has 0 saturated heterocycles. The lowest BCUT2D eigenvalue weighted by atomic mass is 10.0. The molecule has 0 radical (unpaired) electrons. The van der Waals surface area contributed by atoms with E-state index >= 15 is 0 Å². The molecule has 0 spiro atoms. The van der Waals surface area contributed by atoms with Gasteiger partial charge in [-0.15, -0.1) is 0 Å². The van der Waals surface area contributed by atoms with E-state index in [1.807, 2.05) is 18.3 Å². The molecule has 0 fully saturated rings. The first-order chi connectivity index (χ1) is 8.16. The van der Waals surface area contributed by atoms with Gasteiger partial charge in [0.15, 0.2) is 0 Å². The molecule has 0 unspecified atom stereocenters. The summed E-state index contributed by atoms with van der Waals surface area (Å²) in [5.74, 6) is 0.153. The van der Waals surface area contributed by atoms with E-state index in [2.05, 4.69) is 18.0 Å². The Morgan fingerprint density at radius 1 is 1.24 bits per heavy atom. The van der Waals surface area contributed by atoms with Gasteiger partial charge in [-0.2, -0.15) is 0 Å². The molecule has 0 atom stereocenters. The van der Waals surface area contributed by atoms with Gasteiger partial charge in [0, 0.05) is 11.9 Å². The number of anilines is 1. The second kappa shape index (κ2) is 4.87. The first kappa shape index (κ1) is 11.5. The van der Waals surface area contributed by atoms with E-state index in [1.54, 1.807) is 12.1 Å². The normalized spacial score (nSPS) is 10.4. The van der Waals surface area contributed by atoms with Crippen molar-refractivity contribution in [2.45, 2.75) is 19.8 Å². The van der Waals surface area contributed by atoms with Crippen LogP contribution in [0.1, 0.15) is 16.8 Å². The number of aryl methyl sites for hydroxylation is 3. The lowest BCUT2D eigenvalue weighted by molar-refractivity contribution is 0.477. The molecule has 0 amide bonds. The van der Waals surface area contributed by atoms with Gasteiger partial charge in [0.05, 0.1) is 5.69 Å². The first-order valence-electron chi connectivity index (χ1n) is 5.64. The van der Waals surface area contributed by atoms with Gasteiger partial charge < -0.3 is 10.8 Å². The maximum atomic E-state index is 9.51. The van der Waals surface area contributed by atoms with E-state index in [1.165, 1.54) is 5.56 Å². The monoisotopic (exact) mass is 228 g/mol. The van der Waals surface area contributed by atoms with E-state index in [4.69, 9.17) is 5.73 Å². The number of benzene rings is 1. The summed E-state index contributed by atoms with van der Waals surface area (Å²) in [6.45, 7) is 2.06. The zero-order valence-corrected chi connectivity index (χ0v) is 9.85. The van der Waals surface area contributed by atoms with Crippen molar-refractivity contribution in [3.63, 3.8) is 0 Å². The smallest absolute Gasteiger partial charge is 0.138 e. The quantitative estimate of drug-likeness (QED) is 0.626. The summed E-state index contributed by atoms with van der Waals surface area (Å²) in [6.07, 6.45) is 3.53. The summed E-state index contributed by atoms with van der Waals surface area (Å²) in [5.41, 5.74) is 9.35. The number of phenols is 1. The molecule has 0 bridgehead atoms. The fourth-order valence-corrected chi connectivity index (χ4v) is 1.79. The number of rotatable bonds is 3. The van der Waals surface area contributed by atoms with Crippen molar-refractivity contribution >= 4 is 5.69 Å². The van der Waals surface area contributed by atoms with Gasteiger partial charge in [-0.25, -0.2) is 0 Å². The van der Waals surface area contributed by atoms with Crippen molar-refractivity contribution in [3.8, 4) is 5.75 Å². The van der Waals surface area contributed by atoms with Crippen LogP contribution < -0.4 is 5.73 Å². The van der Waals surface area contributed by atoms with Gasteiger partial charge in [-0.05, 0) is 49.1 Å². The molecular formula is C14H16N2O. The van der Waals surface area contributed by atoms with E-state index < -0.39 is 0 Å². The highest BCUT2D eigenvalue weighted by molar-refractivity contribution is 5.52. The SMILES string of the molecule is Cc1cccnc1CCc1ccc(N)c(O)c1. The van der Waals surface area contributed by atoms with Gasteiger partial charge in [-0.1, -0.05) is 12.1 Å². The standard InChI is InChI=1S/C14H16N2O/c1-10-3-2-8-16-13(10)7-5-11-4-6-12(15)14(17)9-11/h2-4,6,8-9,17H,5,7,15H2,1H3. The number of nitrogen functional groups attached to an aromatic ring is 1. The van der Waals surface area contributed by atoms with Crippen LogP contribution in [0.25, 0.3) is 0 Å². The Hall–Kier alpha value is -2.03. The summed E-state index contributed by atoms with van der Waals surface area (Å²) in [5, 5.41) is 9.51. The molecule has 2 aromatic rings. The lowest BCUT2D eigenvalue weighted by Gasteiger charge is -2.06. The van der Waals surface area contributed by atoms with Crippen LogP contribution in [0.3, 0.4) is 0 Å². The fraction of sp³-hybridized carbons (Fsp3) is 0.214. The number of aromatic nitrogens is 1. The molecule has 0 aliphatic heterocycles. The number of hydrogen-bond acceptors (Lipinski definition) is 3. The average molecular weight is 228 g/mol. The highest BCUT2D eigenvalue weighted by Gasteiger charge is 2.02. The van der Waals surface area contributed by atoms with Gasteiger partial charge in [0.2, 0.25) is 0 Å². The Balaban J connectivity index is 2.08. The summed E-state index contributed by atoms with van der Waals surface area (Å²) in [7, 11) is 0. The van der Waals surface area contributed by atoms with Crippen LogP contribution in [-0.4, -0.2) is 10.1 Å². The minimum atomic E-state index is 0.153. The molecule has 1 aromatic carbocycles. The Kier molecular flexibility index (Phi) is 3.28. The third-order valence-corrected chi connectivity index (χ3v) is 2.86. The van der Waals surface area contributed by atoms with Crippen molar-refractivity contribution in [1.29, 1.82) is 0 Å². The van der Waals surface area contributed by atoms with Crippen LogP contribution in [0.2, 0.25) is 0 Å². The van der Waals surface area contributed by atoms with Crippen LogP contribution in [0, 0.1) is 6.92 Å². The molecule has 88 valence electrons. The second-order valence-electron chi connectivity index (χ2n) is 4.16. The van der Waals surface area contributed by atoms with Gasteiger partial charge in [-0.3, -0.25) is 4.98 Å². The van der Waals surface area contributed by atoms with E-state index in [-0.39, 0.29) is 5.75 Å². The number of phenolic OH excluding ortho intramolecular Hbond substituents is 1. The fourth-order valence-electron chi connectivity index (χ4n) is 1.79. The highest BCUT2D eigenvalue weighted by atomic mass is 16.3. The maximum Gasteiger partial charge on any atom is 0.138 e. The third kappa shape index (κ3) is 2.75. The van der Waals surface area contributed by atoms with E-state index in [0.717, 1.165) is 24.1 Å². The largest absolute Gasteiger partial charge is 0.506 e. The van der Waals surface area contributed by atoms with Crippen molar-refractivity contribution in [1.82, 2.24) is 4.98 Å². The summed E-state index contributed by atoms with van der Waals surface area (Å²) in [6, 6.07) is 9.38. The van der Waals surface area contributed by atoms with E-state index in [9.17, 15) is 5.11 Å². The Morgan fingerprint density at radius 3 is 2.76 bits per heavy atom. The lowest BCUT2D eigenvalue weighted by Crippen LogP contribution is -1.97. The van der Waals surface area contributed by atoms with E-state index in [0.29, 0.717) is 5.69 Å². The number of hydrogen-bond donors (Lipinski definition) is 2. The molecule has 17 heavy (non-hydrogen) atoms. The number of pyridine rings is 1. The molecule has 0 saturated carbocycles. The number of nitrogens with zero attached hydrogens (tertiary/aromatic N) is 1. The molecule has 3 heteroatoms. The van der Waals surface area contributed by atoms with Crippen LogP contribution >= 0.6 is 0 Å². The molecule has 1 aromatic heterocycles. The first-order valence-corrected chi connectivity index (χ1v) is 5.64. The summed E-state index contributed by atoms with van der Waals surface area (Å²) in [4.78, 5) is 4.35. The summed E-state index contributed by atoms with van der Waals surface area (Å²) >= 11 is 0. The predicted octanol–water partition coefficient (Wildman–Crippen LogP) is 2.46. The molecule has 0 aliphatic carbocycles. The zero-order chi connectivity index (χ0) is 12.3. The van der Waals surface area contributed by atoms with Crippen LogP contribution in [-0.2, 0) is 12.8 Å². The van der Waals surface area contributed by atoms with Crippen LogP contribution in [0.5, 0.6) is 5.75 Å². The molecule has 0 aliphatic rings. The molecule has 3 nitrogen and oxygen atoms in total. The number of nitrogens with two attached hydrogens (primary N) is 1. The molecule has 2 rings (SSSR count). The van der Waals surface area contributed by atoms with Crippen molar-refractivity contribution in [2.24, 2.45) is 0 Å². The average Bonchev–Trinajstić information content (AvgIpc) is 2.32. The van der Waals surface area contributed by atoms with Crippen molar-refractivity contribution in [3.05, 3.63) is 53.3 Å². The second-order valence-corrected chi connectivity index (χ2v) is 4.16. The van der Waals surface area contributed by atoms with Gasteiger partial charge in [0.1, 0.15) is 5.75 Å². The van der Waals surface area contributed by atoms with Gasteiger partial charge >= 0.3 is 0 Å². The van der Waals surface area contributed by atoms with Crippen LogP contribution in [0.4, 0.5) is 5.69 Å². The number of aromatic hydroxyl groups is 1. The Bertz CT molecular complexity index is 523. The third-order valence-electron chi connectivity index (χ3n) is 2.86. The highest BCUT2D eigenvalue weighted by Crippen LogP contribution is 2.21. The minimum absolute atomic E-state index is 0.153. The van der Waals surface area contributed by atoms with Crippen molar-refractivity contribution in [2.75, 3.05) is 5.73 Å². The summed E-state index contributed by atoms with van der Waals surface area (Å²) < 4.78 is 0. The van der Waals surface area contributed by atoms with Gasteiger partial charge in [0.25, 0.3) is 0 Å². The van der Waals surface area contributed by atoms with Crippen molar-refractivity contribution < 1.29 is 5.11 Å². The Morgan fingerprint density at radius 2 is 2.06 bits per heavy atom.